The van der Waals surface area contributed by atoms with Crippen LogP contribution < -0.4 is 0 Å². The number of benzene rings is 1. The SMILES string of the molecule is N#Cc1ccc2nnc(-c3ccc(Br)cc3F)n2c1. The lowest BCUT2D eigenvalue weighted by atomic mass is 10.2. The Balaban J connectivity index is 2.28. The summed E-state index contributed by atoms with van der Waals surface area (Å²) in [5, 5.41) is 16.8. The van der Waals surface area contributed by atoms with E-state index in [1.165, 1.54) is 6.07 Å². The van der Waals surface area contributed by atoms with E-state index in [0.29, 0.717) is 27.1 Å². The molecule has 1 aromatic carbocycles. The predicted octanol–water partition coefficient (Wildman–Crippen LogP) is 3.17. The molecule has 0 amide bonds. The molecule has 0 saturated carbocycles. The Hall–Kier alpha value is -2.26. The molecule has 0 aliphatic rings. The van der Waals surface area contributed by atoms with Crippen LogP contribution in [0, 0.1) is 17.1 Å². The largest absolute Gasteiger partial charge is 0.281 e. The third-order valence-corrected chi connectivity index (χ3v) is 3.20. The summed E-state index contributed by atoms with van der Waals surface area (Å²) in [5.41, 5.74) is 1.37. The van der Waals surface area contributed by atoms with E-state index < -0.39 is 5.82 Å². The Kier molecular flexibility index (Phi) is 2.76. The third-order valence-electron chi connectivity index (χ3n) is 2.70. The second kappa shape index (κ2) is 4.44. The number of hydrogen-bond donors (Lipinski definition) is 0. The maximum absolute atomic E-state index is 13.9. The molecule has 0 saturated heterocycles. The van der Waals surface area contributed by atoms with Gasteiger partial charge in [-0.15, -0.1) is 10.2 Å². The summed E-state index contributed by atoms with van der Waals surface area (Å²) >= 11 is 3.21. The molecule has 0 atom stereocenters. The van der Waals surface area contributed by atoms with Gasteiger partial charge < -0.3 is 0 Å². The molecule has 2 heterocycles. The van der Waals surface area contributed by atoms with Gasteiger partial charge >= 0.3 is 0 Å². The van der Waals surface area contributed by atoms with Gasteiger partial charge in [-0.05, 0) is 30.3 Å². The standard InChI is InChI=1S/C13H6BrFN4/c14-9-2-3-10(11(15)5-9)13-18-17-12-4-1-8(6-16)7-19(12)13/h1-5,7H. The predicted molar refractivity (Wildman–Crippen MR) is 70.8 cm³/mol. The smallest absolute Gasteiger partial charge is 0.171 e. The maximum Gasteiger partial charge on any atom is 0.171 e. The van der Waals surface area contributed by atoms with Gasteiger partial charge in [0, 0.05) is 10.7 Å². The zero-order valence-electron chi connectivity index (χ0n) is 9.51. The number of rotatable bonds is 1. The van der Waals surface area contributed by atoms with Crippen LogP contribution in [-0.2, 0) is 0 Å². The molecule has 0 radical (unpaired) electrons. The van der Waals surface area contributed by atoms with Crippen LogP contribution in [-0.4, -0.2) is 14.6 Å². The first-order valence-corrected chi connectivity index (χ1v) is 6.18. The van der Waals surface area contributed by atoms with Crippen molar-refractivity contribution in [2.75, 3.05) is 0 Å². The van der Waals surface area contributed by atoms with Crippen LogP contribution in [0.2, 0.25) is 0 Å². The summed E-state index contributed by atoms with van der Waals surface area (Å²) < 4.78 is 16.2. The quantitative estimate of drug-likeness (QED) is 0.693. The Bertz CT molecular complexity index is 819. The van der Waals surface area contributed by atoms with Gasteiger partial charge in [-0.3, -0.25) is 4.40 Å². The summed E-state index contributed by atoms with van der Waals surface area (Å²) in [7, 11) is 0. The molecule has 6 heteroatoms. The van der Waals surface area contributed by atoms with Crippen molar-refractivity contribution in [3.05, 3.63) is 52.4 Å². The van der Waals surface area contributed by atoms with Crippen LogP contribution in [0.4, 0.5) is 4.39 Å². The van der Waals surface area contributed by atoms with E-state index in [9.17, 15) is 4.39 Å². The zero-order chi connectivity index (χ0) is 13.4. The molecule has 0 aliphatic heterocycles. The van der Waals surface area contributed by atoms with Gasteiger partial charge in [-0.25, -0.2) is 4.39 Å². The first-order valence-electron chi connectivity index (χ1n) is 5.39. The highest BCUT2D eigenvalue weighted by Crippen LogP contribution is 2.24. The molecular weight excluding hydrogens is 311 g/mol. The van der Waals surface area contributed by atoms with Crippen LogP contribution in [0.25, 0.3) is 17.0 Å². The highest BCUT2D eigenvalue weighted by atomic mass is 79.9. The van der Waals surface area contributed by atoms with Crippen molar-refractivity contribution in [3.63, 3.8) is 0 Å². The van der Waals surface area contributed by atoms with Crippen molar-refractivity contribution in [1.82, 2.24) is 14.6 Å². The van der Waals surface area contributed by atoms with Gasteiger partial charge in [0.25, 0.3) is 0 Å². The number of pyridine rings is 1. The summed E-state index contributed by atoms with van der Waals surface area (Å²) in [5.74, 6) is -0.0249. The van der Waals surface area contributed by atoms with Crippen LogP contribution in [0.3, 0.4) is 0 Å². The fraction of sp³-hybridized carbons (Fsp3) is 0. The van der Waals surface area contributed by atoms with E-state index in [-0.39, 0.29) is 0 Å². The fourth-order valence-electron chi connectivity index (χ4n) is 1.81. The minimum atomic E-state index is -0.397. The number of nitriles is 1. The average molecular weight is 317 g/mol. The molecule has 0 aliphatic carbocycles. The first-order chi connectivity index (χ1) is 9.19. The van der Waals surface area contributed by atoms with Crippen LogP contribution in [0.15, 0.2) is 41.0 Å². The third kappa shape index (κ3) is 1.98. The molecule has 0 N–H and O–H groups in total. The summed E-state index contributed by atoms with van der Waals surface area (Å²) in [6.07, 6.45) is 1.59. The van der Waals surface area contributed by atoms with E-state index in [0.717, 1.165) is 0 Å². The first kappa shape index (κ1) is 11.8. The van der Waals surface area contributed by atoms with E-state index in [4.69, 9.17) is 5.26 Å². The fourth-order valence-corrected chi connectivity index (χ4v) is 2.14. The molecule has 0 unspecified atom stereocenters. The van der Waals surface area contributed by atoms with E-state index in [1.54, 1.807) is 34.9 Å². The molecule has 3 aromatic rings. The minimum absolute atomic E-state index is 0.339. The average Bonchev–Trinajstić information content (AvgIpc) is 2.81. The monoisotopic (exact) mass is 316 g/mol. The van der Waals surface area contributed by atoms with Gasteiger partial charge in [-0.2, -0.15) is 5.26 Å². The molecule has 0 spiro atoms. The molecule has 0 fully saturated rings. The van der Waals surface area contributed by atoms with E-state index >= 15 is 0 Å². The highest BCUT2D eigenvalue weighted by molar-refractivity contribution is 9.10. The second-order valence-electron chi connectivity index (χ2n) is 3.91. The topological polar surface area (TPSA) is 54.0 Å². The minimum Gasteiger partial charge on any atom is -0.281 e. The zero-order valence-corrected chi connectivity index (χ0v) is 11.1. The maximum atomic E-state index is 13.9. The van der Waals surface area contributed by atoms with Crippen molar-refractivity contribution < 1.29 is 4.39 Å². The number of aromatic nitrogens is 3. The molecule has 19 heavy (non-hydrogen) atoms. The lowest BCUT2D eigenvalue weighted by Gasteiger charge is -2.02. The molecule has 92 valence electrons. The van der Waals surface area contributed by atoms with E-state index in [1.807, 2.05) is 6.07 Å². The lowest BCUT2D eigenvalue weighted by molar-refractivity contribution is 0.629. The lowest BCUT2D eigenvalue weighted by Crippen LogP contribution is -1.93. The van der Waals surface area contributed by atoms with Gasteiger partial charge in [0.1, 0.15) is 11.9 Å². The van der Waals surface area contributed by atoms with E-state index in [2.05, 4.69) is 26.1 Å². The summed E-state index contributed by atoms with van der Waals surface area (Å²) in [6, 6.07) is 10.1. The van der Waals surface area contributed by atoms with Crippen LogP contribution in [0.1, 0.15) is 5.56 Å². The summed E-state index contributed by atoms with van der Waals surface area (Å²) in [4.78, 5) is 0. The van der Waals surface area contributed by atoms with Crippen molar-refractivity contribution in [3.8, 4) is 17.5 Å². The molecule has 3 rings (SSSR count). The summed E-state index contributed by atoms with van der Waals surface area (Å²) in [6.45, 7) is 0. The van der Waals surface area contributed by atoms with Crippen molar-refractivity contribution >= 4 is 21.6 Å². The normalized spacial score (nSPS) is 10.6. The Morgan fingerprint density at radius 3 is 2.79 bits per heavy atom. The van der Waals surface area contributed by atoms with Crippen LogP contribution >= 0.6 is 15.9 Å². The van der Waals surface area contributed by atoms with Crippen molar-refractivity contribution in [2.24, 2.45) is 0 Å². The van der Waals surface area contributed by atoms with Crippen molar-refractivity contribution in [2.45, 2.75) is 0 Å². The highest BCUT2D eigenvalue weighted by Gasteiger charge is 2.13. The molecular formula is C13H6BrFN4. The van der Waals surface area contributed by atoms with Gasteiger partial charge in [-0.1, -0.05) is 15.9 Å². The van der Waals surface area contributed by atoms with Gasteiger partial charge in [0.05, 0.1) is 11.1 Å². The molecule has 4 nitrogen and oxygen atoms in total. The Morgan fingerprint density at radius 2 is 2.05 bits per heavy atom. The second-order valence-corrected chi connectivity index (χ2v) is 4.82. The molecule has 2 aromatic heterocycles. The van der Waals surface area contributed by atoms with Gasteiger partial charge in [0.15, 0.2) is 11.5 Å². The van der Waals surface area contributed by atoms with Gasteiger partial charge in [0.2, 0.25) is 0 Å². The number of halogens is 2. The Morgan fingerprint density at radius 1 is 1.21 bits per heavy atom. The Labute approximate surface area is 116 Å². The molecule has 0 bridgehead atoms. The van der Waals surface area contributed by atoms with Crippen LogP contribution in [0.5, 0.6) is 0 Å². The van der Waals surface area contributed by atoms with Crippen molar-refractivity contribution in [1.29, 1.82) is 5.26 Å². The number of fused-ring (bicyclic) bond motifs is 1. The number of nitrogens with zero attached hydrogens (tertiary/aromatic N) is 4. The number of hydrogen-bond acceptors (Lipinski definition) is 3.